The van der Waals surface area contributed by atoms with Crippen molar-refractivity contribution < 1.29 is 9.59 Å². The molecule has 4 aliphatic rings. The second kappa shape index (κ2) is 9.52. The van der Waals surface area contributed by atoms with E-state index in [-0.39, 0.29) is 17.7 Å². The number of imide groups is 1. The number of piperidine rings is 4. The highest BCUT2D eigenvalue weighted by Gasteiger charge is 2.38. The molecule has 2 N–H and O–H groups in total. The topological polar surface area (TPSA) is 64.7 Å². The Hall–Kier alpha value is -1.92. The summed E-state index contributed by atoms with van der Waals surface area (Å²) in [6.45, 7) is 8.54. The van der Waals surface area contributed by atoms with Crippen LogP contribution in [-0.2, 0) is 9.59 Å². The van der Waals surface area contributed by atoms with Crippen molar-refractivity contribution in [1.29, 1.82) is 0 Å². The molecule has 32 heavy (non-hydrogen) atoms. The number of amides is 2. The number of benzene rings is 1. The van der Waals surface area contributed by atoms with Gasteiger partial charge in [-0.1, -0.05) is 12.1 Å². The first-order valence-electron chi connectivity index (χ1n) is 12.7. The van der Waals surface area contributed by atoms with Crippen LogP contribution in [0.1, 0.15) is 62.8 Å². The number of rotatable bonds is 4. The van der Waals surface area contributed by atoms with E-state index in [4.69, 9.17) is 0 Å². The maximum absolute atomic E-state index is 12.1. The lowest BCUT2D eigenvalue weighted by molar-refractivity contribution is -0.134. The van der Waals surface area contributed by atoms with E-state index in [2.05, 4.69) is 44.7 Å². The highest BCUT2D eigenvalue weighted by molar-refractivity contribution is 6.00. The van der Waals surface area contributed by atoms with E-state index in [0.717, 1.165) is 24.6 Å². The van der Waals surface area contributed by atoms with Gasteiger partial charge in [0.1, 0.15) is 0 Å². The molecule has 174 valence electrons. The Balaban J connectivity index is 1.11. The molecule has 0 saturated carbocycles. The minimum Gasteiger partial charge on any atom is -0.371 e. The fraction of sp³-hybridized carbons (Fsp3) is 0.692. The summed E-state index contributed by atoms with van der Waals surface area (Å²) in [5.74, 6) is 0.402. The van der Waals surface area contributed by atoms with Crippen LogP contribution in [0.25, 0.3) is 0 Å². The maximum atomic E-state index is 12.1. The fourth-order valence-electron chi connectivity index (χ4n) is 6.31. The number of hydrogen-bond acceptors (Lipinski definition) is 5. The summed E-state index contributed by atoms with van der Waals surface area (Å²) in [6, 6.07) is 8.50. The number of carbonyl (C=O) groups is 2. The van der Waals surface area contributed by atoms with Gasteiger partial charge in [0.15, 0.2) is 0 Å². The second-order valence-electron chi connectivity index (χ2n) is 10.6. The van der Waals surface area contributed by atoms with Crippen LogP contribution in [0.3, 0.4) is 0 Å². The minimum absolute atomic E-state index is 0.151. The van der Waals surface area contributed by atoms with Gasteiger partial charge in [0.2, 0.25) is 11.8 Å². The number of carbonyl (C=O) groups excluding carboxylic acids is 2. The molecule has 4 fully saturated rings. The molecule has 1 aromatic carbocycles. The third-order valence-electron chi connectivity index (χ3n) is 8.62. The Morgan fingerprint density at radius 2 is 1.53 bits per heavy atom. The molecular formula is C26H38N4O2. The first kappa shape index (κ1) is 21.9. The van der Waals surface area contributed by atoms with Gasteiger partial charge in [-0.3, -0.25) is 14.9 Å². The Morgan fingerprint density at radius 1 is 0.875 bits per heavy atom. The number of likely N-dealkylation sites (tertiary alicyclic amines) is 1. The monoisotopic (exact) mass is 438 g/mol. The molecule has 1 atom stereocenters. The van der Waals surface area contributed by atoms with Crippen LogP contribution in [0, 0.1) is 11.3 Å². The molecule has 1 spiro atoms. The number of nitrogens with zero attached hydrogens (tertiary/aromatic N) is 2. The van der Waals surface area contributed by atoms with Gasteiger partial charge in [-0.05, 0) is 100 Å². The first-order valence-corrected chi connectivity index (χ1v) is 12.7. The van der Waals surface area contributed by atoms with Crippen LogP contribution in [0.15, 0.2) is 24.3 Å². The zero-order valence-corrected chi connectivity index (χ0v) is 19.3. The number of hydrogen-bond donors (Lipinski definition) is 2. The summed E-state index contributed by atoms with van der Waals surface area (Å²) in [7, 11) is 0. The largest absolute Gasteiger partial charge is 0.371 e. The van der Waals surface area contributed by atoms with E-state index < -0.39 is 0 Å². The van der Waals surface area contributed by atoms with Crippen LogP contribution >= 0.6 is 0 Å². The predicted octanol–water partition coefficient (Wildman–Crippen LogP) is 2.89. The van der Waals surface area contributed by atoms with Gasteiger partial charge in [-0.2, -0.15) is 0 Å². The van der Waals surface area contributed by atoms with Gasteiger partial charge in [0, 0.05) is 31.7 Å². The van der Waals surface area contributed by atoms with Gasteiger partial charge >= 0.3 is 0 Å². The van der Waals surface area contributed by atoms with Crippen LogP contribution in [0.2, 0.25) is 0 Å². The Morgan fingerprint density at radius 3 is 2.19 bits per heavy atom. The quantitative estimate of drug-likeness (QED) is 0.708. The van der Waals surface area contributed by atoms with Crippen molar-refractivity contribution in [2.45, 2.75) is 57.3 Å². The second-order valence-corrected chi connectivity index (χ2v) is 10.6. The molecule has 5 rings (SSSR count). The normalized spacial score (nSPS) is 27.5. The molecule has 1 aromatic rings. The molecule has 0 radical (unpaired) electrons. The molecule has 0 aliphatic carbocycles. The van der Waals surface area contributed by atoms with Crippen molar-refractivity contribution in [3.8, 4) is 0 Å². The first-order chi connectivity index (χ1) is 15.6. The molecule has 4 saturated heterocycles. The zero-order valence-electron chi connectivity index (χ0n) is 19.3. The van der Waals surface area contributed by atoms with Gasteiger partial charge < -0.3 is 15.1 Å². The summed E-state index contributed by atoms with van der Waals surface area (Å²) < 4.78 is 0. The van der Waals surface area contributed by atoms with Crippen LogP contribution in [0.4, 0.5) is 5.69 Å². The van der Waals surface area contributed by atoms with Crippen LogP contribution in [0.5, 0.6) is 0 Å². The molecule has 2 amide bonds. The third-order valence-corrected chi connectivity index (χ3v) is 8.62. The van der Waals surface area contributed by atoms with Crippen molar-refractivity contribution >= 4 is 17.5 Å². The predicted molar refractivity (Wildman–Crippen MR) is 127 cm³/mol. The summed E-state index contributed by atoms with van der Waals surface area (Å²) >= 11 is 0. The Labute approximate surface area is 192 Å². The lowest BCUT2D eigenvalue weighted by atomic mass is 9.71. The summed E-state index contributed by atoms with van der Waals surface area (Å²) in [5, 5.41) is 5.96. The smallest absolute Gasteiger partial charge is 0.234 e. The lowest BCUT2D eigenvalue weighted by Gasteiger charge is -2.48. The maximum Gasteiger partial charge on any atom is 0.234 e. The fourth-order valence-corrected chi connectivity index (χ4v) is 6.31. The Bertz CT molecular complexity index is 800. The van der Waals surface area contributed by atoms with Gasteiger partial charge in [0.05, 0.1) is 5.92 Å². The van der Waals surface area contributed by atoms with E-state index in [0.29, 0.717) is 18.3 Å². The average Bonchev–Trinajstić information content (AvgIpc) is 2.82. The van der Waals surface area contributed by atoms with Crippen LogP contribution < -0.4 is 15.5 Å². The number of anilines is 1. The van der Waals surface area contributed by atoms with Crippen molar-refractivity contribution in [3.63, 3.8) is 0 Å². The molecular weight excluding hydrogens is 400 g/mol. The van der Waals surface area contributed by atoms with Crippen LogP contribution in [-0.4, -0.2) is 62.5 Å². The van der Waals surface area contributed by atoms with E-state index in [1.54, 1.807) is 0 Å². The van der Waals surface area contributed by atoms with Crippen molar-refractivity contribution in [1.82, 2.24) is 15.5 Å². The van der Waals surface area contributed by atoms with E-state index in [9.17, 15) is 9.59 Å². The molecule has 6 nitrogen and oxygen atoms in total. The minimum atomic E-state index is -0.193. The molecule has 0 aromatic heterocycles. The molecule has 1 unspecified atom stereocenters. The lowest BCUT2D eigenvalue weighted by Crippen LogP contribution is -2.48. The molecule has 4 aliphatic heterocycles. The summed E-state index contributed by atoms with van der Waals surface area (Å²) in [5.41, 5.74) is 2.83. The third kappa shape index (κ3) is 4.86. The highest BCUT2D eigenvalue weighted by atomic mass is 16.2. The average molecular weight is 439 g/mol. The highest BCUT2D eigenvalue weighted by Crippen LogP contribution is 2.42. The number of nitrogens with one attached hydrogen (secondary N) is 2. The van der Waals surface area contributed by atoms with E-state index >= 15 is 0 Å². The van der Waals surface area contributed by atoms with Gasteiger partial charge in [0.25, 0.3) is 0 Å². The SMILES string of the molecule is O=C1CCC(c2ccc(N3CCC4(CCN(CC5CCNCC5)CC4)CC3)cc2)C(=O)N1. The molecule has 6 heteroatoms. The van der Waals surface area contributed by atoms with E-state index in [1.165, 1.54) is 76.9 Å². The van der Waals surface area contributed by atoms with Crippen molar-refractivity contribution in [3.05, 3.63) is 29.8 Å². The zero-order chi connectivity index (χ0) is 22.0. The van der Waals surface area contributed by atoms with E-state index in [1.807, 2.05) is 0 Å². The van der Waals surface area contributed by atoms with Crippen molar-refractivity contribution in [2.24, 2.45) is 11.3 Å². The van der Waals surface area contributed by atoms with Gasteiger partial charge in [-0.25, -0.2) is 0 Å². The molecule has 4 heterocycles. The molecule has 0 bridgehead atoms. The Kier molecular flexibility index (Phi) is 6.51. The summed E-state index contributed by atoms with van der Waals surface area (Å²) in [6.07, 6.45) is 9.05. The van der Waals surface area contributed by atoms with Crippen molar-refractivity contribution in [2.75, 3.05) is 50.7 Å². The summed E-state index contributed by atoms with van der Waals surface area (Å²) in [4.78, 5) is 28.8. The van der Waals surface area contributed by atoms with Gasteiger partial charge in [-0.15, -0.1) is 0 Å². The standard InChI is InChI=1S/C26H38N4O2/c31-24-6-5-23(25(32)28-24)21-1-3-22(4-2-21)30-17-11-26(12-18-30)9-15-29(16-10-26)19-20-7-13-27-14-8-20/h1-4,20,23,27H,5-19H2,(H,28,31,32).